The number of hydrogen-bond acceptors (Lipinski definition) is 5. The largest absolute Gasteiger partial charge is 0.441 e. The number of rotatable bonds is 5. The van der Waals surface area contributed by atoms with Crippen molar-refractivity contribution in [3.05, 3.63) is 28.3 Å². The molecule has 2 atom stereocenters. The highest BCUT2D eigenvalue weighted by molar-refractivity contribution is 7.08. The molecule has 1 aliphatic rings. The molecule has 1 fully saturated rings. The number of nitrogens with zero attached hydrogens (tertiary/aromatic N) is 2. The molecule has 0 bridgehead atoms. The smallest absolute Gasteiger partial charge is 0.227 e. The Morgan fingerprint density at radius 2 is 2.36 bits per heavy atom. The normalized spacial score (nSPS) is 21.1. The number of aryl methyl sites for hydroxylation is 1. The molecule has 22 heavy (non-hydrogen) atoms. The van der Waals surface area contributed by atoms with Crippen molar-refractivity contribution >= 4 is 11.3 Å². The summed E-state index contributed by atoms with van der Waals surface area (Å²) in [4.78, 5) is 7.06. The zero-order chi connectivity index (χ0) is 15.5. The van der Waals surface area contributed by atoms with Gasteiger partial charge in [-0.3, -0.25) is 4.90 Å². The zero-order valence-corrected chi connectivity index (χ0v) is 14.1. The van der Waals surface area contributed by atoms with E-state index in [1.165, 1.54) is 12.8 Å². The van der Waals surface area contributed by atoms with Gasteiger partial charge in [-0.1, -0.05) is 13.3 Å². The van der Waals surface area contributed by atoms with Crippen molar-refractivity contribution in [1.29, 1.82) is 0 Å². The molecule has 1 saturated heterocycles. The first kappa shape index (κ1) is 15.7. The molecule has 0 aliphatic carbocycles. The van der Waals surface area contributed by atoms with Gasteiger partial charge in [0.25, 0.3) is 0 Å². The Morgan fingerprint density at radius 3 is 3.09 bits per heavy atom. The fourth-order valence-corrected chi connectivity index (χ4v) is 3.83. The maximum Gasteiger partial charge on any atom is 0.227 e. The molecule has 120 valence electrons. The van der Waals surface area contributed by atoms with Crippen LogP contribution in [0.5, 0.6) is 0 Å². The van der Waals surface area contributed by atoms with E-state index < -0.39 is 0 Å². The molecule has 3 heterocycles. The van der Waals surface area contributed by atoms with Crippen molar-refractivity contribution in [3.63, 3.8) is 0 Å². The van der Waals surface area contributed by atoms with E-state index in [2.05, 4.69) is 15.3 Å². The number of piperidine rings is 1. The van der Waals surface area contributed by atoms with Gasteiger partial charge < -0.3 is 9.52 Å². The fraction of sp³-hybridized carbons (Fsp3) is 0.588. The van der Waals surface area contributed by atoms with E-state index in [0.29, 0.717) is 5.89 Å². The molecule has 5 heteroatoms. The summed E-state index contributed by atoms with van der Waals surface area (Å²) in [6, 6.07) is 2.28. The predicted molar refractivity (Wildman–Crippen MR) is 88.9 cm³/mol. The third kappa shape index (κ3) is 3.26. The van der Waals surface area contributed by atoms with E-state index in [1.54, 1.807) is 11.3 Å². The van der Waals surface area contributed by atoms with Crippen LogP contribution in [0.3, 0.4) is 0 Å². The molecular formula is C17H24N2O2S. The van der Waals surface area contributed by atoms with Gasteiger partial charge in [0.15, 0.2) is 0 Å². The van der Waals surface area contributed by atoms with Crippen molar-refractivity contribution < 1.29 is 9.52 Å². The second kappa shape index (κ2) is 6.94. The summed E-state index contributed by atoms with van der Waals surface area (Å²) in [5.41, 5.74) is 2.04. The number of aromatic nitrogens is 1. The number of likely N-dealkylation sites (tertiary alicyclic amines) is 1. The van der Waals surface area contributed by atoms with Crippen LogP contribution in [0.15, 0.2) is 21.2 Å². The van der Waals surface area contributed by atoms with Crippen molar-refractivity contribution in [2.45, 2.75) is 58.2 Å². The molecule has 4 nitrogen and oxygen atoms in total. The van der Waals surface area contributed by atoms with E-state index in [0.717, 1.165) is 42.9 Å². The van der Waals surface area contributed by atoms with Crippen LogP contribution in [0.2, 0.25) is 0 Å². The van der Waals surface area contributed by atoms with Gasteiger partial charge in [0, 0.05) is 23.5 Å². The van der Waals surface area contributed by atoms with E-state index in [9.17, 15) is 5.11 Å². The van der Waals surface area contributed by atoms with Crippen LogP contribution < -0.4 is 0 Å². The molecule has 2 aromatic heterocycles. The summed E-state index contributed by atoms with van der Waals surface area (Å²) in [5.74, 6) is 1.59. The predicted octanol–water partition coefficient (Wildman–Crippen LogP) is 3.84. The maximum absolute atomic E-state index is 10.3. The first-order valence-electron chi connectivity index (χ1n) is 8.10. The minimum atomic E-state index is -0.246. The van der Waals surface area contributed by atoms with Gasteiger partial charge in [-0.25, -0.2) is 4.98 Å². The number of aliphatic hydroxyl groups is 1. The van der Waals surface area contributed by atoms with Crippen LogP contribution in [0, 0.1) is 6.92 Å². The Labute approximate surface area is 135 Å². The first-order chi connectivity index (χ1) is 10.7. The number of oxazole rings is 1. The van der Waals surface area contributed by atoms with Crippen LogP contribution >= 0.6 is 11.3 Å². The quantitative estimate of drug-likeness (QED) is 0.909. The van der Waals surface area contributed by atoms with Crippen LogP contribution in [0.25, 0.3) is 11.5 Å². The van der Waals surface area contributed by atoms with Crippen LogP contribution in [0.4, 0.5) is 0 Å². The molecule has 0 spiro atoms. The molecule has 2 unspecified atom stereocenters. The van der Waals surface area contributed by atoms with Crippen LogP contribution in [-0.2, 0) is 6.54 Å². The third-order valence-electron chi connectivity index (χ3n) is 4.54. The summed E-state index contributed by atoms with van der Waals surface area (Å²) in [6.07, 6.45) is 4.03. The Bertz CT molecular complexity index is 594. The standard InChI is InChI=1S/C17H24N2O2S/c1-3-16(20)15-6-4-5-8-19(15)10-14-12(2)21-17(18-14)13-7-9-22-11-13/h7,9,11,15-16,20H,3-6,8,10H2,1-2H3. The molecule has 0 radical (unpaired) electrons. The van der Waals surface area contributed by atoms with Gasteiger partial charge in [-0.05, 0) is 44.2 Å². The SMILES string of the molecule is CCC(O)C1CCCCN1Cc1nc(-c2ccsc2)oc1C. The van der Waals surface area contributed by atoms with Crippen molar-refractivity contribution in [2.24, 2.45) is 0 Å². The molecule has 0 saturated carbocycles. The molecule has 0 amide bonds. The maximum atomic E-state index is 10.3. The average Bonchev–Trinajstić information content (AvgIpc) is 3.17. The first-order valence-corrected chi connectivity index (χ1v) is 9.04. The van der Waals surface area contributed by atoms with E-state index in [1.807, 2.05) is 25.3 Å². The lowest BCUT2D eigenvalue weighted by atomic mass is 9.95. The molecular weight excluding hydrogens is 296 g/mol. The minimum Gasteiger partial charge on any atom is -0.441 e. The fourth-order valence-electron chi connectivity index (χ4n) is 3.20. The Morgan fingerprint density at radius 1 is 1.50 bits per heavy atom. The van der Waals surface area contributed by atoms with Crippen molar-refractivity contribution in [2.75, 3.05) is 6.54 Å². The highest BCUT2D eigenvalue weighted by Gasteiger charge is 2.29. The Balaban J connectivity index is 1.77. The number of aliphatic hydroxyl groups excluding tert-OH is 1. The third-order valence-corrected chi connectivity index (χ3v) is 5.22. The molecule has 2 aromatic rings. The minimum absolute atomic E-state index is 0.246. The van der Waals surface area contributed by atoms with Gasteiger partial charge in [-0.2, -0.15) is 11.3 Å². The molecule has 3 rings (SSSR count). The summed E-state index contributed by atoms with van der Waals surface area (Å²) in [7, 11) is 0. The van der Waals surface area contributed by atoms with E-state index in [-0.39, 0.29) is 12.1 Å². The number of thiophene rings is 1. The second-order valence-corrected chi connectivity index (χ2v) is 6.82. The molecule has 1 aliphatic heterocycles. The van der Waals surface area contributed by atoms with Crippen LogP contribution in [0.1, 0.15) is 44.1 Å². The topological polar surface area (TPSA) is 49.5 Å². The van der Waals surface area contributed by atoms with Gasteiger partial charge in [0.1, 0.15) is 5.76 Å². The lowest BCUT2D eigenvalue weighted by Gasteiger charge is -2.37. The summed E-state index contributed by atoms with van der Waals surface area (Å²) in [5, 5.41) is 14.4. The van der Waals surface area contributed by atoms with Crippen LogP contribution in [-0.4, -0.2) is 33.7 Å². The van der Waals surface area contributed by atoms with Crippen molar-refractivity contribution in [1.82, 2.24) is 9.88 Å². The molecule has 0 aromatic carbocycles. The van der Waals surface area contributed by atoms with E-state index >= 15 is 0 Å². The highest BCUT2D eigenvalue weighted by atomic mass is 32.1. The van der Waals surface area contributed by atoms with Gasteiger partial charge >= 0.3 is 0 Å². The summed E-state index contributed by atoms with van der Waals surface area (Å²) >= 11 is 1.65. The summed E-state index contributed by atoms with van der Waals surface area (Å²) in [6.45, 7) is 5.82. The monoisotopic (exact) mass is 320 g/mol. The zero-order valence-electron chi connectivity index (χ0n) is 13.3. The Hall–Kier alpha value is -1.17. The molecule has 1 N–H and O–H groups in total. The lowest BCUT2D eigenvalue weighted by molar-refractivity contribution is 0.0188. The number of hydrogen-bond donors (Lipinski definition) is 1. The average molecular weight is 320 g/mol. The van der Waals surface area contributed by atoms with Crippen molar-refractivity contribution in [3.8, 4) is 11.5 Å². The summed E-state index contributed by atoms with van der Waals surface area (Å²) < 4.78 is 5.83. The van der Waals surface area contributed by atoms with Gasteiger partial charge in [0.2, 0.25) is 5.89 Å². The lowest BCUT2D eigenvalue weighted by Crippen LogP contribution is -2.46. The highest BCUT2D eigenvalue weighted by Crippen LogP contribution is 2.27. The second-order valence-electron chi connectivity index (χ2n) is 6.04. The van der Waals surface area contributed by atoms with Gasteiger partial charge in [-0.15, -0.1) is 0 Å². The Kier molecular flexibility index (Phi) is 4.96. The van der Waals surface area contributed by atoms with Gasteiger partial charge in [0.05, 0.1) is 11.8 Å². The van der Waals surface area contributed by atoms with E-state index in [4.69, 9.17) is 4.42 Å².